The molecule has 11 heteroatoms. The molecule has 234 valence electrons. The summed E-state index contributed by atoms with van der Waals surface area (Å²) in [4.78, 5) is 49.4. The van der Waals surface area contributed by atoms with Gasteiger partial charge in [0.05, 0.1) is 12.6 Å². The standard InChI is InChI=1S/C28H30N6O5.C5H12/c1-17(36)32-14-12-20(13-15-32)33-27(37)24-26(30-28(33)38)34(21-4-2-3-5-21)31-25(29-24)23-11-10-22(39-23)19-8-6-18(16-35)7-9-19;1-5(2,3)4/h6-11,20-21,35H,2-5,12-16H2,1H3;1-4H3. The van der Waals surface area contributed by atoms with Crippen LogP contribution in [0.25, 0.3) is 34.4 Å². The van der Waals surface area contributed by atoms with Crippen molar-refractivity contribution in [1.29, 1.82) is 0 Å². The molecule has 1 saturated carbocycles. The quantitative estimate of drug-likeness (QED) is 0.334. The fourth-order valence-corrected chi connectivity index (χ4v) is 5.69. The van der Waals surface area contributed by atoms with E-state index in [1.54, 1.807) is 15.6 Å². The number of aliphatic hydroxyl groups is 1. The molecule has 0 unspecified atom stereocenters. The van der Waals surface area contributed by atoms with Gasteiger partial charge in [-0.05, 0) is 48.8 Å². The fraction of sp³-hybridized carbons (Fsp3) is 0.515. The Bertz CT molecular complexity index is 1680. The number of carbonyl (C=O) groups excluding carboxylic acids is 1. The third-order valence-corrected chi connectivity index (χ3v) is 7.87. The highest BCUT2D eigenvalue weighted by Crippen LogP contribution is 2.34. The molecule has 1 aromatic heterocycles. The lowest BCUT2D eigenvalue weighted by atomic mass is 10.0. The third kappa shape index (κ3) is 6.99. The zero-order chi connectivity index (χ0) is 31.6. The van der Waals surface area contributed by atoms with E-state index >= 15 is 0 Å². The molecule has 3 aliphatic heterocycles. The van der Waals surface area contributed by atoms with Gasteiger partial charge in [-0.2, -0.15) is 4.98 Å². The summed E-state index contributed by atoms with van der Waals surface area (Å²) in [6.45, 7) is 11.2. The van der Waals surface area contributed by atoms with Crippen LogP contribution in [-0.4, -0.2) is 53.3 Å². The number of hydrogen-bond acceptors (Lipinski definition) is 8. The molecular formula is C33H42N6O5. The van der Waals surface area contributed by atoms with Gasteiger partial charge in [0.15, 0.2) is 17.3 Å². The molecule has 0 atom stereocenters. The summed E-state index contributed by atoms with van der Waals surface area (Å²) in [6.07, 6.45) is 4.81. The van der Waals surface area contributed by atoms with Crippen LogP contribution in [0.5, 0.6) is 0 Å². The number of carbonyl (C=O) groups is 1. The summed E-state index contributed by atoms with van der Waals surface area (Å²) < 4.78 is 9.00. The number of nitrogens with zero attached hydrogens (tertiary/aromatic N) is 6. The van der Waals surface area contributed by atoms with E-state index in [-0.39, 0.29) is 41.9 Å². The van der Waals surface area contributed by atoms with Crippen molar-refractivity contribution in [3.8, 4) is 34.4 Å². The molecule has 1 amide bonds. The zero-order valence-electron chi connectivity index (χ0n) is 26.2. The van der Waals surface area contributed by atoms with E-state index in [1.807, 2.05) is 30.3 Å². The van der Waals surface area contributed by atoms with Crippen LogP contribution >= 0.6 is 0 Å². The lowest BCUT2D eigenvalue weighted by molar-refractivity contribution is -0.130. The first-order chi connectivity index (χ1) is 20.9. The van der Waals surface area contributed by atoms with Crippen molar-refractivity contribution in [3.63, 3.8) is 0 Å². The van der Waals surface area contributed by atoms with Crippen LogP contribution < -0.4 is 11.2 Å². The first kappa shape index (κ1) is 31.3. The van der Waals surface area contributed by atoms with Crippen molar-refractivity contribution in [1.82, 2.24) is 29.2 Å². The van der Waals surface area contributed by atoms with Crippen LogP contribution in [-0.2, 0) is 11.4 Å². The monoisotopic (exact) mass is 602 g/mol. The van der Waals surface area contributed by atoms with Gasteiger partial charge in [0.2, 0.25) is 11.7 Å². The third-order valence-electron chi connectivity index (χ3n) is 7.87. The van der Waals surface area contributed by atoms with Crippen LogP contribution in [0.15, 0.2) is 50.4 Å². The number of amides is 1. The number of likely N-dealkylation sites (tertiary alicyclic amines) is 1. The molecule has 4 aliphatic rings. The van der Waals surface area contributed by atoms with Gasteiger partial charge in [-0.3, -0.25) is 14.2 Å². The van der Waals surface area contributed by atoms with Crippen LogP contribution in [0.3, 0.4) is 0 Å². The number of piperidine rings is 1. The van der Waals surface area contributed by atoms with Crippen LogP contribution in [0.1, 0.15) is 90.8 Å². The zero-order valence-corrected chi connectivity index (χ0v) is 26.2. The van der Waals surface area contributed by atoms with E-state index in [4.69, 9.17) is 9.52 Å². The Morgan fingerprint density at radius 3 is 2.11 bits per heavy atom. The fourth-order valence-electron chi connectivity index (χ4n) is 5.69. The van der Waals surface area contributed by atoms with Crippen LogP contribution in [0.2, 0.25) is 0 Å². The van der Waals surface area contributed by atoms with Crippen molar-refractivity contribution in [3.05, 3.63) is 62.8 Å². The summed E-state index contributed by atoms with van der Waals surface area (Å²) in [5, 5.41) is 14.0. The highest BCUT2D eigenvalue weighted by Gasteiger charge is 2.31. The van der Waals surface area contributed by atoms with Gasteiger partial charge >= 0.3 is 5.69 Å². The molecule has 2 aromatic rings. The van der Waals surface area contributed by atoms with Crippen molar-refractivity contribution in [2.24, 2.45) is 5.41 Å². The summed E-state index contributed by atoms with van der Waals surface area (Å²) in [5.41, 5.74) is 1.12. The average molecular weight is 603 g/mol. The predicted molar refractivity (Wildman–Crippen MR) is 167 cm³/mol. The maximum absolute atomic E-state index is 13.8. The summed E-state index contributed by atoms with van der Waals surface area (Å²) in [6, 6.07) is 10.6. The van der Waals surface area contributed by atoms with Crippen molar-refractivity contribution in [2.45, 2.75) is 91.8 Å². The van der Waals surface area contributed by atoms with Gasteiger partial charge in [-0.1, -0.05) is 64.8 Å². The van der Waals surface area contributed by atoms with Crippen molar-refractivity contribution in [2.75, 3.05) is 13.1 Å². The molecule has 1 saturated heterocycles. The Balaban J connectivity index is 0.000000712. The minimum Gasteiger partial charge on any atom is -0.453 e. The van der Waals surface area contributed by atoms with Crippen molar-refractivity contribution < 1.29 is 14.3 Å². The molecule has 0 bridgehead atoms. The second-order valence-electron chi connectivity index (χ2n) is 13.3. The summed E-state index contributed by atoms with van der Waals surface area (Å²) in [5.74, 6) is 1.44. The number of furan rings is 1. The van der Waals surface area contributed by atoms with Gasteiger partial charge in [-0.25, -0.2) is 14.5 Å². The highest BCUT2D eigenvalue weighted by atomic mass is 16.3. The lowest BCUT2D eigenvalue weighted by Gasteiger charge is -2.32. The molecule has 1 N–H and O–H groups in total. The van der Waals surface area contributed by atoms with Crippen LogP contribution in [0.4, 0.5) is 0 Å². The van der Waals surface area contributed by atoms with Gasteiger partial charge in [-0.15, -0.1) is 5.10 Å². The first-order valence-electron chi connectivity index (χ1n) is 15.4. The van der Waals surface area contributed by atoms with E-state index in [2.05, 4.69) is 37.7 Å². The van der Waals surface area contributed by atoms with E-state index in [0.29, 0.717) is 42.9 Å². The largest absolute Gasteiger partial charge is 0.453 e. The molecular weight excluding hydrogens is 560 g/mol. The number of aliphatic hydroxyl groups excluding tert-OH is 1. The van der Waals surface area contributed by atoms with Crippen molar-refractivity contribution >= 4 is 5.91 Å². The van der Waals surface area contributed by atoms with Gasteiger partial charge in [0, 0.05) is 31.6 Å². The molecule has 1 aliphatic carbocycles. The number of aromatic nitrogens is 5. The minimum atomic E-state index is -0.608. The average Bonchev–Trinajstić information content (AvgIpc) is 3.70. The molecule has 44 heavy (non-hydrogen) atoms. The second kappa shape index (κ2) is 12.9. The molecule has 0 spiro atoms. The SMILES string of the molecule is CC(=O)N1CCC(n2c(=O)nc3n(C4CCCC4)nc(-c4ccc(-c5ccc(CO)cc5)o4)nc-3c2=O)CC1.CC(C)(C)C. The van der Waals surface area contributed by atoms with E-state index in [0.717, 1.165) is 36.8 Å². The Kier molecular flexibility index (Phi) is 9.15. The minimum absolute atomic E-state index is 0.00987. The maximum Gasteiger partial charge on any atom is 0.352 e. The van der Waals surface area contributed by atoms with Gasteiger partial charge in [0.25, 0.3) is 5.56 Å². The molecule has 2 fully saturated rings. The molecule has 0 radical (unpaired) electrons. The summed E-state index contributed by atoms with van der Waals surface area (Å²) in [7, 11) is 0. The molecule has 4 heterocycles. The Morgan fingerprint density at radius 2 is 1.52 bits per heavy atom. The number of benzene rings is 1. The first-order valence-corrected chi connectivity index (χ1v) is 15.4. The Morgan fingerprint density at radius 1 is 0.909 bits per heavy atom. The van der Waals surface area contributed by atoms with E-state index in [1.165, 1.54) is 11.5 Å². The normalized spacial score (nSPS) is 16.3. The van der Waals surface area contributed by atoms with Crippen LogP contribution in [0, 0.1) is 5.41 Å². The summed E-state index contributed by atoms with van der Waals surface area (Å²) >= 11 is 0. The number of rotatable bonds is 5. The van der Waals surface area contributed by atoms with Gasteiger partial charge in [0.1, 0.15) is 5.76 Å². The van der Waals surface area contributed by atoms with Gasteiger partial charge < -0.3 is 14.4 Å². The number of hydrogen-bond donors (Lipinski definition) is 1. The Hall–Kier alpha value is -4.12. The maximum atomic E-state index is 13.8. The van der Waals surface area contributed by atoms with E-state index in [9.17, 15) is 19.5 Å². The second-order valence-corrected chi connectivity index (χ2v) is 13.3. The smallest absolute Gasteiger partial charge is 0.352 e. The number of fused-ring (bicyclic) bond motifs is 1. The lowest BCUT2D eigenvalue weighted by Crippen LogP contribution is -2.46. The molecule has 6 rings (SSSR count). The highest BCUT2D eigenvalue weighted by molar-refractivity contribution is 5.73. The topological polar surface area (TPSA) is 136 Å². The molecule has 11 nitrogen and oxygen atoms in total. The predicted octanol–water partition coefficient (Wildman–Crippen LogP) is 5.07. The van der Waals surface area contributed by atoms with E-state index < -0.39 is 11.2 Å². The Labute approximate surface area is 256 Å². The molecule has 1 aromatic carbocycles.